The molecule has 0 aliphatic heterocycles. The zero-order valence-electron chi connectivity index (χ0n) is 7.64. The van der Waals surface area contributed by atoms with Gasteiger partial charge in [0.05, 0.1) is 0 Å². The lowest BCUT2D eigenvalue weighted by Crippen LogP contribution is -1.84. The highest BCUT2D eigenvalue weighted by molar-refractivity contribution is 5.73. The van der Waals surface area contributed by atoms with Gasteiger partial charge in [-0.2, -0.15) is 0 Å². The summed E-state index contributed by atoms with van der Waals surface area (Å²) in [7, 11) is 0. The van der Waals surface area contributed by atoms with Crippen molar-refractivity contribution >= 4 is 5.57 Å². The molecule has 0 N–H and O–H groups in total. The van der Waals surface area contributed by atoms with E-state index in [0.717, 1.165) is 11.1 Å². The van der Waals surface area contributed by atoms with Crippen molar-refractivity contribution in [3.05, 3.63) is 55.2 Å². The van der Waals surface area contributed by atoms with Gasteiger partial charge < -0.3 is 0 Å². The summed E-state index contributed by atoms with van der Waals surface area (Å²) in [6.07, 6.45) is 12.7. The highest BCUT2D eigenvalue weighted by atomic mass is 14.8. The van der Waals surface area contributed by atoms with Gasteiger partial charge in [-0.15, -0.1) is 0 Å². The fraction of sp³-hybridized carbons (Fsp3) is 0.0909. The molecular weight excluding hydrogens is 160 g/mol. The molecule has 0 spiro atoms. The molecule has 1 rings (SSSR count). The summed E-state index contributed by atoms with van der Waals surface area (Å²) < 4.78 is 0. The monoisotopic (exact) mass is 172 g/mol. The number of nitrogens with zero attached hydrogens (tertiary/aromatic N) is 2. The highest BCUT2D eigenvalue weighted by Crippen LogP contribution is 2.13. The lowest BCUT2D eigenvalue weighted by molar-refractivity contribution is 1.15. The zero-order chi connectivity index (χ0) is 9.52. The van der Waals surface area contributed by atoms with Gasteiger partial charge in [-0.3, -0.25) is 0 Å². The maximum absolute atomic E-state index is 3.95. The molecule has 66 valence electrons. The molecule has 0 aliphatic carbocycles. The number of allylic oxidation sites excluding steroid dienone is 5. The second kappa shape index (κ2) is 5.04. The first-order valence-electron chi connectivity index (χ1n) is 4.09. The van der Waals surface area contributed by atoms with Gasteiger partial charge in [-0.1, -0.05) is 30.9 Å². The van der Waals surface area contributed by atoms with E-state index in [0.29, 0.717) is 0 Å². The Bertz CT molecular complexity index is 323. The summed E-state index contributed by atoms with van der Waals surface area (Å²) in [4.78, 5) is 7.90. The average Bonchev–Trinajstić information content (AvgIpc) is 2.19. The third kappa shape index (κ3) is 2.67. The van der Waals surface area contributed by atoms with Gasteiger partial charge in [0, 0.05) is 18.0 Å². The molecule has 1 aromatic rings. The minimum absolute atomic E-state index is 1.00. The second-order valence-electron chi connectivity index (χ2n) is 2.48. The van der Waals surface area contributed by atoms with Crippen LogP contribution in [-0.2, 0) is 0 Å². The molecule has 0 saturated carbocycles. The Balaban J connectivity index is 3.03. The van der Waals surface area contributed by atoms with Crippen molar-refractivity contribution < 1.29 is 0 Å². The predicted octanol–water partition coefficient (Wildman–Crippen LogP) is 2.62. The average molecular weight is 172 g/mol. The molecule has 1 heterocycles. The van der Waals surface area contributed by atoms with Gasteiger partial charge in [0.15, 0.2) is 0 Å². The first-order chi connectivity index (χ1) is 6.38. The van der Waals surface area contributed by atoms with E-state index in [9.17, 15) is 0 Å². The van der Waals surface area contributed by atoms with Crippen LogP contribution in [-0.4, -0.2) is 9.97 Å². The van der Waals surface area contributed by atoms with Crippen LogP contribution in [0.25, 0.3) is 5.57 Å². The van der Waals surface area contributed by atoms with E-state index in [1.165, 1.54) is 6.33 Å². The van der Waals surface area contributed by atoms with Crippen LogP contribution in [0.5, 0.6) is 0 Å². The van der Waals surface area contributed by atoms with Gasteiger partial charge in [-0.25, -0.2) is 9.97 Å². The Morgan fingerprint density at radius 1 is 1.38 bits per heavy atom. The maximum Gasteiger partial charge on any atom is 0.115 e. The summed E-state index contributed by atoms with van der Waals surface area (Å²) in [6, 6.07) is 0. The lowest BCUT2D eigenvalue weighted by Gasteiger charge is -1.98. The first-order valence-corrected chi connectivity index (χ1v) is 4.09. The summed E-state index contributed by atoms with van der Waals surface area (Å²) in [5, 5.41) is 0. The van der Waals surface area contributed by atoms with Gasteiger partial charge in [-0.05, 0) is 12.5 Å². The Morgan fingerprint density at radius 3 is 2.62 bits per heavy atom. The quantitative estimate of drug-likeness (QED) is 0.655. The standard InChI is InChI=1S/C11H12N2/c1-3-5-10(6-4-2)11-7-12-9-13-8-11/h3-9H,1H2,2H3/b6-4-,10-5+. The molecule has 1 aromatic heterocycles. The van der Waals surface area contributed by atoms with Crippen LogP contribution in [0.2, 0.25) is 0 Å². The molecule has 0 amide bonds. The fourth-order valence-electron chi connectivity index (χ4n) is 1.00. The Morgan fingerprint density at radius 2 is 2.08 bits per heavy atom. The van der Waals surface area contributed by atoms with E-state index in [4.69, 9.17) is 0 Å². The van der Waals surface area contributed by atoms with Gasteiger partial charge in [0.1, 0.15) is 6.33 Å². The Kier molecular flexibility index (Phi) is 3.64. The van der Waals surface area contributed by atoms with Crippen molar-refractivity contribution in [2.75, 3.05) is 0 Å². The lowest BCUT2D eigenvalue weighted by atomic mass is 10.1. The van der Waals surface area contributed by atoms with E-state index in [2.05, 4.69) is 16.5 Å². The van der Waals surface area contributed by atoms with E-state index in [1.807, 2.05) is 25.2 Å². The van der Waals surface area contributed by atoms with Crippen LogP contribution in [0.4, 0.5) is 0 Å². The number of hydrogen-bond donors (Lipinski definition) is 0. The fourth-order valence-corrected chi connectivity index (χ4v) is 1.00. The minimum atomic E-state index is 1.00. The minimum Gasteiger partial charge on any atom is -0.244 e. The zero-order valence-corrected chi connectivity index (χ0v) is 7.64. The van der Waals surface area contributed by atoms with Crippen LogP contribution in [0, 0.1) is 0 Å². The van der Waals surface area contributed by atoms with E-state index < -0.39 is 0 Å². The highest BCUT2D eigenvalue weighted by Gasteiger charge is 1.95. The summed E-state index contributed by atoms with van der Waals surface area (Å²) in [5.41, 5.74) is 2.07. The molecule has 0 aliphatic rings. The number of aromatic nitrogens is 2. The third-order valence-corrected chi connectivity index (χ3v) is 1.54. The molecule has 2 nitrogen and oxygen atoms in total. The van der Waals surface area contributed by atoms with Crippen molar-refractivity contribution in [3.8, 4) is 0 Å². The predicted molar refractivity (Wildman–Crippen MR) is 55.0 cm³/mol. The largest absolute Gasteiger partial charge is 0.244 e. The van der Waals surface area contributed by atoms with Gasteiger partial charge in [0.25, 0.3) is 0 Å². The molecule has 0 radical (unpaired) electrons. The molecular formula is C11H12N2. The van der Waals surface area contributed by atoms with Crippen molar-refractivity contribution in [2.45, 2.75) is 6.92 Å². The molecule has 0 saturated heterocycles. The van der Waals surface area contributed by atoms with Gasteiger partial charge >= 0.3 is 0 Å². The topological polar surface area (TPSA) is 25.8 Å². The summed E-state index contributed by atoms with van der Waals surface area (Å²) in [5.74, 6) is 0. The Hall–Kier alpha value is -1.70. The van der Waals surface area contributed by atoms with Crippen molar-refractivity contribution in [3.63, 3.8) is 0 Å². The summed E-state index contributed by atoms with van der Waals surface area (Å²) >= 11 is 0. The maximum atomic E-state index is 3.95. The smallest absolute Gasteiger partial charge is 0.115 e. The SMILES string of the molecule is C=C/C=C(\C=C/C)c1cncnc1. The Labute approximate surface area is 78.4 Å². The third-order valence-electron chi connectivity index (χ3n) is 1.54. The molecule has 0 bridgehead atoms. The van der Waals surface area contributed by atoms with Crippen LogP contribution < -0.4 is 0 Å². The molecule has 0 fully saturated rings. The van der Waals surface area contributed by atoms with Crippen molar-refractivity contribution in [2.24, 2.45) is 0 Å². The molecule has 0 atom stereocenters. The van der Waals surface area contributed by atoms with E-state index in [1.54, 1.807) is 18.5 Å². The number of rotatable bonds is 3. The van der Waals surface area contributed by atoms with Crippen LogP contribution >= 0.6 is 0 Å². The molecule has 13 heavy (non-hydrogen) atoms. The van der Waals surface area contributed by atoms with Crippen LogP contribution in [0.3, 0.4) is 0 Å². The van der Waals surface area contributed by atoms with Crippen molar-refractivity contribution in [1.82, 2.24) is 9.97 Å². The second-order valence-corrected chi connectivity index (χ2v) is 2.48. The number of hydrogen-bond acceptors (Lipinski definition) is 2. The molecule has 0 aromatic carbocycles. The summed E-state index contributed by atoms with van der Waals surface area (Å²) in [6.45, 7) is 5.63. The van der Waals surface area contributed by atoms with E-state index in [-0.39, 0.29) is 0 Å². The van der Waals surface area contributed by atoms with Crippen molar-refractivity contribution in [1.29, 1.82) is 0 Å². The van der Waals surface area contributed by atoms with E-state index >= 15 is 0 Å². The normalized spacial score (nSPS) is 11.9. The van der Waals surface area contributed by atoms with Gasteiger partial charge in [0.2, 0.25) is 0 Å². The van der Waals surface area contributed by atoms with Crippen LogP contribution in [0.1, 0.15) is 12.5 Å². The molecule has 2 heteroatoms. The first kappa shape index (κ1) is 9.39. The molecule has 0 unspecified atom stereocenters. The van der Waals surface area contributed by atoms with Crippen LogP contribution in [0.15, 0.2) is 49.6 Å².